The highest BCUT2D eigenvalue weighted by molar-refractivity contribution is 5.67. The van der Waals surface area contributed by atoms with Gasteiger partial charge in [0.2, 0.25) is 0 Å². The Labute approximate surface area is 143 Å². The van der Waals surface area contributed by atoms with Crippen LogP contribution >= 0.6 is 0 Å². The highest BCUT2D eigenvalue weighted by Crippen LogP contribution is 2.28. The summed E-state index contributed by atoms with van der Waals surface area (Å²) >= 11 is 0. The lowest BCUT2D eigenvalue weighted by molar-refractivity contribution is 0.0119. The van der Waals surface area contributed by atoms with Crippen LogP contribution in [0.15, 0.2) is 12.1 Å². The van der Waals surface area contributed by atoms with Crippen LogP contribution in [-0.2, 0) is 4.74 Å². The lowest BCUT2D eigenvalue weighted by atomic mass is 9.95. The number of hydrogen-bond acceptors (Lipinski definition) is 5. The highest BCUT2D eigenvalue weighted by atomic mass is 16.6. The predicted octanol–water partition coefficient (Wildman–Crippen LogP) is 2.62. The largest absolute Gasteiger partial charge is 0.496 e. The Morgan fingerprint density at radius 3 is 2.38 bits per heavy atom. The van der Waals surface area contributed by atoms with Gasteiger partial charge in [-0.1, -0.05) is 0 Å². The van der Waals surface area contributed by atoms with E-state index in [4.69, 9.17) is 9.47 Å². The number of hydrogen-bond donors (Lipinski definition) is 3. The third kappa shape index (κ3) is 6.02. The van der Waals surface area contributed by atoms with Gasteiger partial charge in [-0.05, 0) is 69.9 Å². The summed E-state index contributed by atoms with van der Waals surface area (Å²) in [6.07, 6.45) is -2.35. The number of aliphatic hydroxyl groups excluding tert-OH is 2. The second-order valence-corrected chi connectivity index (χ2v) is 6.91. The van der Waals surface area contributed by atoms with E-state index in [1.165, 1.54) is 0 Å². The molecule has 0 aliphatic heterocycles. The Morgan fingerprint density at radius 2 is 1.83 bits per heavy atom. The van der Waals surface area contributed by atoms with E-state index in [2.05, 4.69) is 5.32 Å². The number of carbonyl (C=O) groups excluding carboxylic acids is 1. The van der Waals surface area contributed by atoms with Gasteiger partial charge in [-0.15, -0.1) is 0 Å². The van der Waals surface area contributed by atoms with Crippen molar-refractivity contribution in [3.05, 3.63) is 28.8 Å². The van der Waals surface area contributed by atoms with E-state index in [1.807, 2.05) is 26.0 Å². The van der Waals surface area contributed by atoms with Crippen LogP contribution in [0.1, 0.15) is 50.0 Å². The average molecular weight is 339 g/mol. The van der Waals surface area contributed by atoms with Gasteiger partial charge >= 0.3 is 6.09 Å². The van der Waals surface area contributed by atoms with Crippen LogP contribution in [-0.4, -0.2) is 41.7 Å². The molecule has 0 aliphatic rings. The van der Waals surface area contributed by atoms with Crippen LogP contribution in [0.3, 0.4) is 0 Å². The maximum Gasteiger partial charge on any atom is 0.407 e. The fraction of sp³-hybridized carbons (Fsp3) is 0.611. The first-order valence-electron chi connectivity index (χ1n) is 8.03. The summed E-state index contributed by atoms with van der Waals surface area (Å²) in [4.78, 5) is 11.6. The molecule has 0 bridgehead atoms. The third-order valence-electron chi connectivity index (χ3n) is 3.57. The molecule has 0 saturated carbocycles. The van der Waals surface area contributed by atoms with Crippen molar-refractivity contribution in [2.24, 2.45) is 0 Å². The van der Waals surface area contributed by atoms with Crippen molar-refractivity contribution < 1.29 is 24.5 Å². The van der Waals surface area contributed by atoms with E-state index < -0.39 is 23.9 Å². The molecule has 0 heterocycles. The monoisotopic (exact) mass is 339 g/mol. The number of alkyl carbamates (subject to hydrolysis) is 1. The quantitative estimate of drug-likeness (QED) is 0.741. The number of aliphatic hydroxyl groups is 2. The second kappa shape index (κ2) is 8.35. The van der Waals surface area contributed by atoms with Crippen molar-refractivity contribution in [1.82, 2.24) is 5.32 Å². The SMILES string of the molecule is COc1cc(C)c(C(O)C(O)CCNC(=O)OC(C)(C)C)cc1C. The van der Waals surface area contributed by atoms with Gasteiger partial charge in [0, 0.05) is 6.54 Å². The smallest absolute Gasteiger partial charge is 0.407 e. The predicted molar refractivity (Wildman–Crippen MR) is 92.3 cm³/mol. The zero-order valence-electron chi connectivity index (χ0n) is 15.3. The molecule has 1 rings (SSSR count). The van der Waals surface area contributed by atoms with Gasteiger partial charge in [-0.25, -0.2) is 4.79 Å². The van der Waals surface area contributed by atoms with Crippen molar-refractivity contribution in [2.75, 3.05) is 13.7 Å². The molecule has 24 heavy (non-hydrogen) atoms. The van der Waals surface area contributed by atoms with Gasteiger partial charge in [0.05, 0.1) is 13.2 Å². The van der Waals surface area contributed by atoms with Crippen LogP contribution in [0.2, 0.25) is 0 Å². The Bertz CT molecular complexity index is 565. The molecular weight excluding hydrogens is 310 g/mol. The number of nitrogens with one attached hydrogen (secondary N) is 1. The molecule has 0 spiro atoms. The lowest BCUT2D eigenvalue weighted by Crippen LogP contribution is -2.34. The molecule has 3 N–H and O–H groups in total. The number of ether oxygens (including phenoxy) is 2. The normalized spacial score (nSPS) is 14.0. The Morgan fingerprint density at radius 1 is 1.21 bits per heavy atom. The molecule has 136 valence electrons. The van der Waals surface area contributed by atoms with Crippen molar-refractivity contribution in [1.29, 1.82) is 0 Å². The fourth-order valence-corrected chi connectivity index (χ4v) is 2.35. The van der Waals surface area contributed by atoms with Gasteiger partial charge in [-0.2, -0.15) is 0 Å². The van der Waals surface area contributed by atoms with Crippen molar-refractivity contribution in [3.8, 4) is 5.75 Å². The first-order valence-corrected chi connectivity index (χ1v) is 8.03. The van der Waals surface area contributed by atoms with Gasteiger partial charge in [0.1, 0.15) is 17.5 Å². The Hall–Kier alpha value is -1.79. The maximum absolute atomic E-state index is 11.6. The molecule has 0 fully saturated rings. The van der Waals surface area contributed by atoms with E-state index in [0.717, 1.165) is 16.9 Å². The molecule has 0 radical (unpaired) electrons. The number of benzene rings is 1. The molecule has 6 nitrogen and oxygen atoms in total. The molecule has 1 aromatic rings. The molecular formula is C18H29NO5. The van der Waals surface area contributed by atoms with Crippen molar-refractivity contribution >= 4 is 6.09 Å². The highest BCUT2D eigenvalue weighted by Gasteiger charge is 2.22. The van der Waals surface area contributed by atoms with Gasteiger partial charge in [-0.3, -0.25) is 0 Å². The van der Waals surface area contributed by atoms with E-state index in [9.17, 15) is 15.0 Å². The number of methoxy groups -OCH3 is 1. The maximum atomic E-state index is 11.6. The van der Waals surface area contributed by atoms with Crippen molar-refractivity contribution in [3.63, 3.8) is 0 Å². The van der Waals surface area contributed by atoms with Gasteiger partial charge < -0.3 is 25.0 Å². The van der Waals surface area contributed by atoms with Crippen LogP contribution in [0, 0.1) is 13.8 Å². The standard InChI is InChI=1S/C18H29NO5/c1-11-10-15(23-6)12(2)9-13(11)16(21)14(20)7-8-19-17(22)24-18(3,4)5/h9-10,14,16,20-21H,7-8H2,1-6H3,(H,19,22). The minimum atomic E-state index is -1.03. The molecule has 1 aromatic carbocycles. The molecule has 1 amide bonds. The van der Waals surface area contributed by atoms with E-state index in [-0.39, 0.29) is 13.0 Å². The summed E-state index contributed by atoms with van der Waals surface area (Å²) in [5.74, 6) is 0.740. The zero-order chi connectivity index (χ0) is 18.5. The van der Waals surface area contributed by atoms with E-state index in [1.54, 1.807) is 27.9 Å². The van der Waals surface area contributed by atoms with Crippen LogP contribution < -0.4 is 10.1 Å². The van der Waals surface area contributed by atoms with Crippen LogP contribution in [0.4, 0.5) is 4.79 Å². The Kier molecular flexibility index (Phi) is 7.05. The summed E-state index contributed by atoms with van der Waals surface area (Å²) in [5, 5.41) is 23.1. The van der Waals surface area contributed by atoms with Gasteiger partial charge in [0.25, 0.3) is 0 Å². The molecule has 0 aromatic heterocycles. The third-order valence-corrected chi connectivity index (χ3v) is 3.57. The fourth-order valence-electron chi connectivity index (χ4n) is 2.35. The topological polar surface area (TPSA) is 88.0 Å². The van der Waals surface area contributed by atoms with Gasteiger partial charge in [0.15, 0.2) is 0 Å². The number of aryl methyl sites for hydroxylation is 2. The summed E-state index contributed by atoms with van der Waals surface area (Å²) in [5.41, 5.74) is 1.80. The van der Waals surface area contributed by atoms with Crippen molar-refractivity contribution in [2.45, 2.75) is 58.8 Å². The molecule has 0 aliphatic carbocycles. The summed E-state index contributed by atoms with van der Waals surface area (Å²) < 4.78 is 10.4. The number of rotatable bonds is 6. The first-order chi connectivity index (χ1) is 11.0. The lowest BCUT2D eigenvalue weighted by Gasteiger charge is -2.22. The first kappa shape index (κ1) is 20.3. The Balaban J connectivity index is 2.61. The summed E-state index contributed by atoms with van der Waals surface area (Å²) in [6.45, 7) is 9.28. The van der Waals surface area contributed by atoms with E-state index in [0.29, 0.717) is 5.56 Å². The molecule has 6 heteroatoms. The minimum Gasteiger partial charge on any atom is -0.496 e. The molecule has 2 unspecified atom stereocenters. The summed E-state index contributed by atoms with van der Waals surface area (Å²) in [6, 6.07) is 3.64. The minimum absolute atomic E-state index is 0.210. The average Bonchev–Trinajstić information content (AvgIpc) is 2.46. The second-order valence-electron chi connectivity index (χ2n) is 6.91. The molecule has 2 atom stereocenters. The van der Waals surface area contributed by atoms with E-state index >= 15 is 0 Å². The number of carbonyl (C=O) groups is 1. The number of amides is 1. The van der Waals surface area contributed by atoms with Crippen LogP contribution in [0.5, 0.6) is 5.75 Å². The van der Waals surface area contributed by atoms with Crippen LogP contribution in [0.25, 0.3) is 0 Å². The molecule has 0 saturated heterocycles. The zero-order valence-corrected chi connectivity index (χ0v) is 15.3. The summed E-state index contributed by atoms with van der Waals surface area (Å²) in [7, 11) is 1.59.